The molecule has 6 rings (SSSR count). The Hall–Kier alpha value is -3.17. The lowest BCUT2D eigenvalue weighted by atomic mass is 9.83. The Balaban J connectivity index is 1.23. The molecule has 5 heterocycles. The van der Waals surface area contributed by atoms with Gasteiger partial charge >= 0.3 is 0 Å². The Morgan fingerprint density at radius 2 is 1.85 bits per heavy atom. The molecule has 3 fully saturated rings. The van der Waals surface area contributed by atoms with Crippen LogP contribution in [-0.4, -0.2) is 59.7 Å². The lowest BCUT2D eigenvalue weighted by Crippen LogP contribution is -2.60. The number of benzene rings is 1. The fourth-order valence-electron chi connectivity index (χ4n) is 6.38. The largest absolute Gasteiger partial charge is 0.368 e. The van der Waals surface area contributed by atoms with E-state index in [9.17, 15) is 5.26 Å². The summed E-state index contributed by atoms with van der Waals surface area (Å²) in [6.45, 7) is 7.79. The lowest BCUT2D eigenvalue weighted by molar-refractivity contribution is 0.0765. The van der Waals surface area contributed by atoms with Crippen LogP contribution in [0.5, 0.6) is 0 Å². The van der Waals surface area contributed by atoms with Gasteiger partial charge in [0.05, 0.1) is 11.1 Å². The van der Waals surface area contributed by atoms with Crippen molar-refractivity contribution in [3.8, 4) is 6.07 Å². The molecule has 3 atom stereocenters. The smallest absolute Gasteiger partial charge is 0.128 e. The van der Waals surface area contributed by atoms with Crippen LogP contribution in [0.1, 0.15) is 49.7 Å². The highest BCUT2D eigenvalue weighted by molar-refractivity contribution is 5.95. The van der Waals surface area contributed by atoms with Crippen LogP contribution in [0, 0.1) is 11.3 Å². The van der Waals surface area contributed by atoms with E-state index >= 15 is 0 Å². The Morgan fingerprint density at radius 1 is 0.971 bits per heavy atom. The summed E-state index contributed by atoms with van der Waals surface area (Å²) in [5, 5.41) is 10.6. The Kier molecular flexibility index (Phi) is 5.58. The van der Waals surface area contributed by atoms with E-state index in [-0.39, 0.29) is 0 Å². The molecular formula is C28H32N6. The number of fused-ring (bicyclic) bond motifs is 2. The van der Waals surface area contributed by atoms with E-state index in [0.29, 0.717) is 23.6 Å². The number of hydrogen-bond acceptors (Lipinski definition) is 6. The number of nitriles is 1. The van der Waals surface area contributed by atoms with E-state index in [0.717, 1.165) is 55.9 Å². The number of nitrogens with zero attached hydrogens (tertiary/aromatic N) is 6. The fraction of sp³-hybridized carbons (Fsp3) is 0.464. The van der Waals surface area contributed by atoms with Gasteiger partial charge in [0.25, 0.3) is 0 Å². The average molecular weight is 453 g/mol. The van der Waals surface area contributed by atoms with Crippen LogP contribution in [0.4, 0.5) is 11.5 Å². The molecule has 1 aromatic carbocycles. The van der Waals surface area contributed by atoms with Crippen molar-refractivity contribution in [1.29, 1.82) is 5.26 Å². The molecule has 174 valence electrons. The zero-order chi connectivity index (χ0) is 23.1. The zero-order valence-electron chi connectivity index (χ0n) is 19.9. The van der Waals surface area contributed by atoms with Gasteiger partial charge in [0.15, 0.2) is 0 Å². The molecular weight excluding hydrogens is 420 g/mol. The molecule has 3 aromatic rings. The predicted molar refractivity (Wildman–Crippen MR) is 136 cm³/mol. The number of piperazine rings is 1. The molecule has 3 aliphatic rings. The second kappa shape index (κ2) is 8.88. The summed E-state index contributed by atoms with van der Waals surface area (Å²) in [6.07, 6.45) is 8.85. The first kappa shape index (κ1) is 21.4. The molecule has 0 spiro atoms. The molecule has 0 aliphatic carbocycles. The number of hydrogen-bond donors (Lipinski definition) is 0. The first-order valence-corrected chi connectivity index (χ1v) is 12.7. The summed E-state index contributed by atoms with van der Waals surface area (Å²) in [7, 11) is 0. The molecule has 6 nitrogen and oxygen atoms in total. The molecule has 3 saturated heterocycles. The van der Waals surface area contributed by atoms with Crippen LogP contribution in [0.2, 0.25) is 0 Å². The maximum Gasteiger partial charge on any atom is 0.128 e. The molecule has 2 aromatic heterocycles. The fourth-order valence-corrected chi connectivity index (χ4v) is 6.38. The summed E-state index contributed by atoms with van der Waals surface area (Å²) in [5.74, 6) is 1.70. The molecule has 0 saturated carbocycles. The Bertz CT molecular complexity index is 1210. The van der Waals surface area contributed by atoms with Crippen molar-refractivity contribution in [2.24, 2.45) is 0 Å². The zero-order valence-corrected chi connectivity index (χ0v) is 19.9. The van der Waals surface area contributed by atoms with Crippen molar-refractivity contribution in [3.05, 3.63) is 59.9 Å². The number of anilines is 2. The van der Waals surface area contributed by atoms with E-state index in [4.69, 9.17) is 4.98 Å². The molecule has 6 heteroatoms. The maximum absolute atomic E-state index is 9.53. The van der Waals surface area contributed by atoms with Crippen LogP contribution >= 0.6 is 0 Å². The third kappa shape index (κ3) is 3.78. The monoisotopic (exact) mass is 452 g/mol. The van der Waals surface area contributed by atoms with Gasteiger partial charge in [-0.3, -0.25) is 9.88 Å². The van der Waals surface area contributed by atoms with Crippen molar-refractivity contribution in [2.45, 2.75) is 50.6 Å². The predicted octanol–water partition coefficient (Wildman–Crippen LogP) is 4.56. The second-order valence-electron chi connectivity index (χ2n) is 10.2. The van der Waals surface area contributed by atoms with E-state index in [1.807, 2.05) is 12.1 Å². The highest BCUT2D eigenvalue weighted by Gasteiger charge is 2.37. The number of pyridine rings is 2. The van der Waals surface area contributed by atoms with E-state index in [2.05, 4.69) is 63.1 Å². The van der Waals surface area contributed by atoms with Crippen molar-refractivity contribution >= 4 is 22.4 Å². The maximum atomic E-state index is 9.53. The van der Waals surface area contributed by atoms with Crippen molar-refractivity contribution in [3.63, 3.8) is 0 Å². The van der Waals surface area contributed by atoms with Crippen molar-refractivity contribution in [2.75, 3.05) is 42.5 Å². The van der Waals surface area contributed by atoms with Crippen LogP contribution < -0.4 is 9.80 Å². The minimum absolute atomic E-state index is 0.498. The normalized spacial score (nSPS) is 25.4. The quantitative estimate of drug-likeness (QED) is 0.581. The number of piperidine rings is 1. The van der Waals surface area contributed by atoms with Crippen LogP contribution in [0.15, 0.2) is 48.8 Å². The van der Waals surface area contributed by atoms with Gasteiger partial charge in [-0.2, -0.15) is 5.26 Å². The van der Waals surface area contributed by atoms with Gasteiger partial charge in [-0.1, -0.05) is 6.07 Å². The van der Waals surface area contributed by atoms with Crippen molar-refractivity contribution in [1.82, 2.24) is 14.9 Å². The standard InChI is InChI=1S/C28H32N6/c1-20-18-33(26-8-6-22(16-29)28-25(26)5-4-11-30-28)19-24-15-21(10-14-34(20)24)23-7-9-27(31-17-23)32-12-2-3-13-32/h4-9,11,17,20-21,24H,2-3,10,12-15,18-19H2,1H3. The van der Waals surface area contributed by atoms with Gasteiger partial charge < -0.3 is 9.80 Å². The summed E-state index contributed by atoms with van der Waals surface area (Å²) < 4.78 is 0. The average Bonchev–Trinajstić information content (AvgIpc) is 3.43. The molecule has 34 heavy (non-hydrogen) atoms. The second-order valence-corrected chi connectivity index (χ2v) is 10.2. The Labute approximate surface area is 201 Å². The van der Waals surface area contributed by atoms with E-state index in [1.165, 1.54) is 30.5 Å². The van der Waals surface area contributed by atoms with E-state index < -0.39 is 0 Å². The third-order valence-electron chi connectivity index (χ3n) is 8.12. The van der Waals surface area contributed by atoms with E-state index in [1.54, 1.807) is 6.20 Å². The van der Waals surface area contributed by atoms with Crippen LogP contribution in [0.3, 0.4) is 0 Å². The highest BCUT2D eigenvalue weighted by Crippen LogP contribution is 2.37. The third-order valence-corrected chi connectivity index (χ3v) is 8.12. The molecule has 0 amide bonds. The van der Waals surface area contributed by atoms with Crippen molar-refractivity contribution < 1.29 is 0 Å². The van der Waals surface area contributed by atoms with Gasteiger partial charge in [-0.15, -0.1) is 0 Å². The summed E-state index contributed by atoms with van der Waals surface area (Å²) in [4.78, 5) is 17.0. The molecule has 0 bridgehead atoms. The minimum atomic E-state index is 0.498. The first-order chi connectivity index (χ1) is 16.7. The van der Waals surface area contributed by atoms with Crippen LogP contribution in [0.25, 0.3) is 10.9 Å². The van der Waals surface area contributed by atoms with Crippen LogP contribution in [-0.2, 0) is 0 Å². The molecule has 0 N–H and O–H groups in total. The minimum Gasteiger partial charge on any atom is -0.368 e. The highest BCUT2D eigenvalue weighted by atomic mass is 15.3. The van der Waals surface area contributed by atoms with Gasteiger partial charge in [0.1, 0.15) is 11.9 Å². The van der Waals surface area contributed by atoms with Gasteiger partial charge in [-0.05, 0) is 81.0 Å². The number of rotatable bonds is 3. The van der Waals surface area contributed by atoms with Gasteiger partial charge in [-0.25, -0.2) is 4.98 Å². The first-order valence-electron chi connectivity index (χ1n) is 12.7. The molecule has 3 unspecified atom stereocenters. The summed E-state index contributed by atoms with van der Waals surface area (Å²) >= 11 is 0. The number of aromatic nitrogens is 2. The topological polar surface area (TPSA) is 59.3 Å². The van der Waals surface area contributed by atoms with Gasteiger partial charge in [0, 0.05) is 61.7 Å². The SMILES string of the molecule is CC1CN(c2ccc(C#N)c3ncccc23)CC2CC(c3ccc(N4CCCC4)nc3)CCN12. The summed E-state index contributed by atoms with van der Waals surface area (Å²) in [6, 6.07) is 16.0. The van der Waals surface area contributed by atoms with Gasteiger partial charge in [0.2, 0.25) is 0 Å². The summed E-state index contributed by atoms with van der Waals surface area (Å²) in [5.41, 5.74) is 4.05. The lowest BCUT2D eigenvalue weighted by Gasteiger charge is -2.50. The molecule has 0 radical (unpaired) electrons. The molecule has 3 aliphatic heterocycles. The Morgan fingerprint density at radius 3 is 2.65 bits per heavy atom.